The molecule has 0 bridgehead atoms. The van der Waals surface area contributed by atoms with Crippen molar-refractivity contribution in [1.82, 2.24) is 14.0 Å². The van der Waals surface area contributed by atoms with Crippen molar-refractivity contribution in [1.29, 1.82) is 0 Å². The Bertz CT molecular complexity index is 1360. The highest BCUT2D eigenvalue weighted by molar-refractivity contribution is 7.89. The number of piperidine rings is 1. The van der Waals surface area contributed by atoms with Gasteiger partial charge in [0.05, 0.1) is 12.0 Å². The van der Waals surface area contributed by atoms with Crippen molar-refractivity contribution in [3.63, 3.8) is 0 Å². The van der Waals surface area contributed by atoms with Crippen LogP contribution in [0.2, 0.25) is 0 Å². The highest BCUT2D eigenvalue weighted by atomic mass is 32.2. The van der Waals surface area contributed by atoms with Crippen LogP contribution in [0.4, 0.5) is 0 Å². The molecule has 0 spiro atoms. The van der Waals surface area contributed by atoms with Gasteiger partial charge in [-0.25, -0.2) is 22.9 Å². The minimum absolute atomic E-state index is 0.0888. The van der Waals surface area contributed by atoms with E-state index in [1.807, 2.05) is 0 Å². The second-order valence-corrected chi connectivity index (χ2v) is 10.2. The van der Waals surface area contributed by atoms with E-state index in [1.54, 1.807) is 25.3 Å². The molecular weight excluding hydrogens is 472 g/mol. The molecule has 11 nitrogen and oxygen atoms in total. The van der Waals surface area contributed by atoms with E-state index >= 15 is 0 Å². The van der Waals surface area contributed by atoms with E-state index in [0.29, 0.717) is 16.0 Å². The van der Waals surface area contributed by atoms with Crippen molar-refractivity contribution in [2.45, 2.75) is 31.8 Å². The lowest BCUT2D eigenvalue weighted by molar-refractivity contribution is -0.121. The summed E-state index contributed by atoms with van der Waals surface area (Å²) in [7, 11) is -3.97. The molecule has 176 valence electrons. The molecule has 0 aromatic carbocycles. The topological polar surface area (TPSA) is 141 Å². The van der Waals surface area contributed by atoms with E-state index in [9.17, 15) is 22.8 Å². The number of esters is 1. The zero-order chi connectivity index (χ0) is 23.8. The van der Waals surface area contributed by atoms with Gasteiger partial charge < -0.3 is 9.15 Å². The number of rotatable bonds is 6. The summed E-state index contributed by atoms with van der Waals surface area (Å²) in [5, 5.41) is 1.83. The number of amides is 1. The summed E-state index contributed by atoms with van der Waals surface area (Å²) in [6, 6.07) is 4.12. The van der Waals surface area contributed by atoms with Crippen LogP contribution < -0.4 is 11.0 Å². The molecule has 1 saturated heterocycles. The molecule has 1 amide bonds. The van der Waals surface area contributed by atoms with Crippen LogP contribution >= 0.6 is 11.3 Å². The molecule has 3 aromatic rings. The quantitative estimate of drug-likeness (QED) is 0.511. The fourth-order valence-corrected chi connectivity index (χ4v) is 5.79. The van der Waals surface area contributed by atoms with Gasteiger partial charge in [-0.05, 0) is 50.3 Å². The Kier molecular flexibility index (Phi) is 6.36. The summed E-state index contributed by atoms with van der Waals surface area (Å²) in [6.07, 6.45) is 0.525. The average molecular weight is 495 g/mol. The molecule has 1 N–H and O–H groups in total. The number of furan rings is 1. The van der Waals surface area contributed by atoms with Gasteiger partial charge in [-0.2, -0.15) is 4.31 Å². The van der Waals surface area contributed by atoms with Crippen LogP contribution in [-0.2, 0) is 19.6 Å². The Morgan fingerprint density at radius 2 is 2.00 bits per heavy atom. The monoisotopic (exact) mass is 494 g/mol. The lowest BCUT2D eigenvalue weighted by Crippen LogP contribution is -2.44. The van der Waals surface area contributed by atoms with Gasteiger partial charge in [-0.1, -0.05) is 0 Å². The van der Waals surface area contributed by atoms with Crippen molar-refractivity contribution in [3.8, 4) is 0 Å². The average Bonchev–Trinajstić information content (AvgIpc) is 3.47. The van der Waals surface area contributed by atoms with Gasteiger partial charge in [0.2, 0.25) is 16.8 Å². The Hall–Kier alpha value is -3.03. The third-order valence-corrected chi connectivity index (χ3v) is 7.94. The van der Waals surface area contributed by atoms with Crippen molar-refractivity contribution >= 4 is 43.5 Å². The first-order valence-electron chi connectivity index (χ1n) is 10.3. The molecule has 4 heterocycles. The fourth-order valence-electron chi connectivity index (χ4n) is 3.60. The van der Waals surface area contributed by atoms with Gasteiger partial charge in [0, 0.05) is 19.0 Å². The van der Waals surface area contributed by atoms with E-state index in [4.69, 9.17) is 9.15 Å². The van der Waals surface area contributed by atoms with E-state index in [1.165, 1.54) is 27.8 Å². The number of fused-ring (bicyclic) bond motifs is 1. The molecule has 0 radical (unpaired) electrons. The number of nitrogens with one attached hydrogen (secondary N) is 1. The fraction of sp³-hybridized carbons (Fsp3) is 0.400. The SMILES string of the molecule is CCOC(=O)c1ccc(S(=O)(=O)N2CCC(C(=O)Nn3c(C)nc4sccc4c3=O)CC2)o1. The number of sulfonamides is 1. The number of nitrogens with zero attached hydrogens (tertiary/aromatic N) is 3. The maximum atomic E-state index is 12.9. The lowest BCUT2D eigenvalue weighted by atomic mass is 9.98. The number of thiophene rings is 1. The normalized spacial score (nSPS) is 15.6. The summed E-state index contributed by atoms with van der Waals surface area (Å²) in [6.45, 7) is 3.58. The minimum atomic E-state index is -3.97. The van der Waals surface area contributed by atoms with Crippen molar-refractivity contribution in [3.05, 3.63) is 45.5 Å². The lowest BCUT2D eigenvalue weighted by Gasteiger charge is -2.29. The first-order valence-corrected chi connectivity index (χ1v) is 12.6. The van der Waals surface area contributed by atoms with E-state index in [0.717, 1.165) is 4.68 Å². The predicted molar refractivity (Wildman–Crippen MR) is 119 cm³/mol. The molecule has 0 unspecified atom stereocenters. The standard InChI is InChI=1S/C20H22N4O7S2/c1-3-30-20(27)15-4-5-16(31-15)33(28,29)23-9-6-13(7-10-23)17(25)22-24-12(2)21-18-14(19(24)26)8-11-32-18/h4-5,8,11,13H,3,6-7,9-10H2,1-2H3,(H,22,25). The van der Waals surface area contributed by atoms with Gasteiger partial charge in [0.1, 0.15) is 10.7 Å². The highest BCUT2D eigenvalue weighted by Gasteiger charge is 2.34. The molecule has 0 aliphatic carbocycles. The van der Waals surface area contributed by atoms with Gasteiger partial charge in [-0.15, -0.1) is 11.3 Å². The number of carbonyl (C=O) groups excluding carboxylic acids is 2. The number of carbonyl (C=O) groups is 2. The molecule has 33 heavy (non-hydrogen) atoms. The van der Waals surface area contributed by atoms with E-state index in [-0.39, 0.29) is 54.9 Å². The number of hydrogen-bond donors (Lipinski definition) is 1. The van der Waals surface area contributed by atoms with Crippen LogP contribution in [0.3, 0.4) is 0 Å². The molecule has 4 rings (SSSR count). The molecule has 1 aliphatic heterocycles. The number of ether oxygens (including phenoxy) is 1. The third kappa shape index (κ3) is 4.43. The maximum absolute atomic E-state index is 12.9. The predicted octanol–water partition coefficient (Wildman–Crippen LogP) is 1.71. The summed E-state index contributed by atoms with van der Waals surface area (Å²) in [4.78, 5) is 42.1. The highest BCUT2D eigenvalue weighted by Crippen LogP contribution is 2.26. The molecule has 0 saturated carbocycles. The zero-order valence-corrected chi connectivity index (χ0v) is 19.6. The first kappa shape index (κ1) is 23.1. The zero-order valence-electron chi connectivity index (χ0n) is 17.9. The van der Waals surface area contributed by atoms with Gasteiger partial charge in [0.25, 0.3) is 15.6 Å². The van der Waals surface area contributed by atoms with Crippen LogP contribution in [0.15, 0.2) is 37.9 Å². The van der Waals surface area contributed by atoms with Crippen LogP contribution in [0.5, 0.6) is 0 Å². The molecule has 1 fully saturated rings. The van der Waals surface area contributed by atoms with Crippen LogP contribution in [-0.4, -0.2) is 54.0 Å². The van der Waals surface area contributed by atoms with Crippen molar-refractivity contribution in [2.75, 3.05) is 25.1 Å². The van der Waals surface area contributed by atoms with Crippen LogP contribution in [0.1, 0.15) is 36.1 Å². The third-order valence-electron chi connectivity index (χ3n) is 5.36. The summed E-state index contributed by atoms with van der Waals surface area (Å²) in [5.41, 5.74) is 2.25. The van der Waals surface area contributed by atoms with Gasteiger partial charge >= 0.3 is 5.97 Å². The largest absolute Gasteiger partial charge is 0.460 e. The number of hydrogen-bond acceptors (Lipinski definition) is 9. The van der Waals surface area contributed by atoms with E-state index < -0.39 is 21.9 Å². The molecule has 0 atom stereocenters. The number of aromatic nitrogens is 2. The van der Waals surface area contributed by atoms with E-state index in [2.05, 4.69) is 10.4 Å². The van der Waals surface area contributed by atoms with Gasteiger partial charge in [0.15, 0.2) is 0 Å². The van der Waals surface area contributed by atoms with Crippen LogP contribution in [0, 0.1) is 12.8 Å². The molecular formula is C20H22N4O7S2. The van der Waals surface area contributed by atoms with Gasteiger partial charge in [-0.3, -0.25) is 15.0 Å². The smallest absolute Gasteiger partial charge is 0.374 e. The molecule has 1 aliphatic rings. The summed E-state index contributed by atoms with van der Waals surface area (Å²) < 4.78 is 38.1. The molecule has 3 aromatic heterocycles. The van der Waals surface area contributed by atoms with Crippen LogP contribution in [0.25, 0.3) is 10.2 Å². The summed E-state index contributed by atoms with van der Waals surface area (Å²) in [5.74, 6) is -1.43. The first-order chi connectivity index (χ1) is 15.7. The second-order valence-electron chi connectivity index (χ2n) is 7.43. The Balaban J connectivity index is 1.42. The van der Waals surface area contributed by atoms with Crippen molar-refractivity contribution in [2.24, 2.45) is 5.92 Å². The Labute approximate surface area is 193 Å². The summed E-state index contributed by atoms with van der Waals surface area (Å²) >= 11 is 1.34. The second kappa shape index (κ2) is 9.08. The Morgan fingerprint density at radius 3 is 2.70 bits per heavy atom. The number of aryl methyl sites for hydroxylation is 1. The van der Waals surface area contributed by atoms with Crippen molar-refractivity contribution < 1.29 is 27.2 Å². The molecule has 13 heteroatoms. The minimum Gasteiger partial charge on any atom is -0.460 e. The Morgan fingerprint density at radius 1 is 1.27 bits per heavy atom. The maximum Gasteiger partial charge on any atom is 0.374 e.